The lowest BCUT2D eigenvalue weighted by Crippen LogP contribution is -1.97. The summed E-state index contributed by atoms with van der Waals surface area (Å²) in [4.78, 5) is 4.76. The fraction of sp³-hybridized carbons (Fsp3) is 0.0500. The minimum atomic E-state index is 0.650. The highest BCUT2D eigenvalue weighted by molar-refractivity contribution is 6.11. The molecule has 0 atom stereocenters. The van der Waals surface area contributed by atoms with Crippen molar-refractivity contribution in [2.75, 3.05) is 12.8 Å². The number of benzene rings is 3. The van der Waals surface area contributed by atoms with E-state index in [0.29, 0.717) is 11.4 Å². The van der Waals surface area contributed by atoms with E-state index in [1.165, 1.54) is 0 Å². The van der Waals surface area contributed by atoms with Gasteiger partial charge >= 0.3 is 0 Å². The predicted octanol–water partition coefficient (Wildman–Crippen LogP) is 4.65. The molecule has 3 nitrogen and oxygen atoms in total. The number of nitrogens with zero attached hydrogens (tertiary/aromatic N) is 1. The number of fused-ring (bicyclic) bond motifs is 2. The van der Waals surface area contributed by atoms with Crippen molar-refractivity contribution in [1.82, 2.24) is 4.98 Å². The van der Waals surface area contributed by atoms with E-state index in [0.717, 1.165) is 32.9 Å². The van der Waals surface area contributed by atoms with Crippen LogP contribution < -0.4 is 10.5 Å². The van der Waals surface area contributed by atoms with Crippen molar-refractivity contribution in [1.29, 1.82) is 0 Å². The summed E-state index contributed by atoms with van der Waals surface area (Å²) in [5, 5.41) is 2.18. The van der Waals surface area contributed by atoms with Crippen LogP contribution in [0.3, 0.4) is 0 Å². The van der Waals surface area contributed by atoms with Crippen LogP contribution in [0.15, 0.2) is 66.7 Å². The SMILES string of the molecule is COc1cccc(-c2c3ccccc3nc3ccccc23)c1N. The van der Waals surface area contributed by atoms with Gasteiger partial charge in [-0.25, -0.2) is 4.98 Å². The van der Waals surface area contributed by atoms with E-state index in [4.69, 9.17) is 15.5 Å². The van der Waals surface area contributed by atoms with Gasteiger partial charge in [0.1, 0.15) is 5.75 Å². The van der Waals surface area contributed by atoms with E-state index in [2.05, 4.69) is 12.1 Å². The quantitative estimate of drug-likeness (QED) is 0.433. The number of para-hydroxylation sites is 3. The fourth-order valence-electron chi connectivity index (χ4n) is 3.07. The predicted molar refractivity (Wildman–Crippen MR) is 95.6 cm³/mol. The zero-order chi connectivity index (χ0) is 15.8. The molecule has 0 aliphatic rings. The summed E-state index contributed by atoms with van der Waals surface area (Å²) in [6.45, 7) is 0. The molecule has 1 heterocycles. The van der Waals surface area contributed by atoms with Crippen LogP contribution in [0.4, 0.5) is 5.69 Å². The number of methoxy groups -OCH3 is 1. The molecule has 0 saturated heterocycles. The van der Waals surface area contributed by atoms with Gasteiger partial charge in [-0.05, 0) is 18.2 Å². The number of pyridine rings is 1. The van der Waals surface area contributed by atoms with Gasteiger partial charge in [-0.1, -0.05) is 48.5 Å². The number of nitrogens with two attached hydrogens (primary N) is 1. The highest BCUT2D eigenvalue weighted by atomic mass is 16.5. The fourth-order valence-corrected chi connectivity index (χ4v) is 3.07. The van der Waals surface area contributed by atoms with Crippen LogP contribution in [-0.2, 0) is 0 Å². The van der Waals surface area contributed by atoms with Gasteiger partial charge in [-0.3, -0.25) is 0 Å². The molecule has 112 valence electrons. The van der Waals surface area contributed by atoms with Gasteiger partial charge in [0.25, 0.3) is 0 Å². The molecule has 3 heteroatoms. The zero-order valence-corrected chi connectivity index (χ0v) is 12.8. The summed E-state index contributed by atoms with van der Waals surface area (Å²) in [6, 6.07) is 22.2. The van der Waals surface area contributed by atoms with Gasteiger partial charge in [0, 0.05) is 21.9 Å². The number of nitrogen functional groups attached to an aromatic ring is 1. The summed E-state index contributed by atoms with van der Waals surface area (Å²) in [7, 11) is 1.64. The minimum Gasteiger partial charge on any atom is -0.495 e. The van der Waals surface area contributed by atoms with E-state index < -0.39 is 0 Å². The van der Waals surface area contributed by atoms with Crippen LogP contribution in [0, 0.1) is 0 Å². The van der Waals surface area contributed by atoms with Crippen molar-refractivity contribution in [3.63, 3.8) is 0 Å². The van der Waals surface area contributed by atoms with E-state index in [1.807, 2.05) is 54.6 Å². The van der Waals surface area contributed by atoms with Gasteiger partial charge in [-0.15, -0.1) is 0 Å². The van der Waals surface area contributed by atoms with Gasteiger partial charge in [0.15, 0.2) is 0 Å². The maximum atomic E-state index is 6.36. The topological polar surface area (TPSA) is 48.1 Å². The lowest BCUT2D eigenvalue weighted by atomic mass is 9.95. The molecular formula is C20H16N2O. The minimum absolute atomic E-state index is 0.650. The third kappa shape index (κ3) is 2.09. The largest absolute Gasteiger partial charge is 0.495 e. The van der Waals surface area contributed by atoms with Crippen molar-refractivity contribution < 1.29 is 4.74 Å². The molecule has 0 bridgehead atoms. The van der Waals surface area contributed by atoms with Crippen LogP contribution in [-0.4, -0.2) is 12.1 Å². The van der Waals surface area contributed by atoms with E-state index in [9.17, 15) is 0 Å². The van der Waals surface area contributed by atoms with Gasteiger partial charge < -0.3 is 10.5 Å². The van der Waals surface area contributed by atoms with Gasteiger partial charge in [0.05, 0.1) is 23.8 Å². The van der Waals surface area contributed by atoms with Crippen molar-refractivity contribution in [2.24, 2.45) is 0 Å². The smallest absolute Gasteiger partial charge is 0.142 e. The van der Waals surface area contributed by atoms with Crippen LogP contribution in [0.2, 0.25) is 0 Å². The molecule has 0 aliphatic heterocycles. The lowest BCUT2D eigenvalue weighted by Gasteiger charge is -2.15. The molecule has 2 N–H and O–H groups in total. The number of hydrogen-bond acceptors (Lipinski definition) is 3. The van der Waals surface area contributed by atoms with Crippen LogP contribution in [0.5, 0.6) is 5.75 Å². The Balaban J connectivity index is 2.20. The molecule has 1 aromatic heterocycles. The van der Waals surface area contributed by atoms with Crippen LogP contribution in [0.25, 0.3) is 32.9 Å². The Morgan fingerprint density at radius 2 is 1.39 bits per heavy atom. The summed E-state index contributed by atoms with van der Waals surface area (Å²) >= 11 is 0. The second-order valence-corrected chi connectivity index (χ2v) is 5.44. The van der Waals surface area contributed by atoms with Crippen molar-refractivity contribution in [3.05, 3.63) is 66.7 Å². The van der Waals surface area contributed by atoms with Gasteiger partial charge in [-0.2, -0.15) is 0 Å². The van der Waals surface area contributed by atoms with E-state index >= 15 is 0 Å². The van der Waals surface area contributed by atoms with E-state index in [1.54, 1.807) is 7.11 Å². The summed E-state index contributed by atoms with van der Waals surface area (Å²) in [5.74, 6) is 0.687. The average Bonchev–Trinajstić information content (AvgIpc) is 2.60. The molecule has 4 aromatic rings. The number of ether oxygens (including phenoxy) is 1. The normalized spacial score (nSPS) is 11.0. The molecule has 0 fully saturated rings. The number of rotatable bonds is 2. The first-order valence-corrected chi connectivity index (χ1v) is 7.50. The number of anilines is 1. The van der Waals surface area contributed by atoms with Crippen molar-refractivity contribution in [2.45, 2.75) is 0 Å². The Kier molecular flexibility index (Phi) is 3.12. The molecular weight excluding hydrogens is 284 g/mol. The molecule has 3 aromatic carbocycles. The Bertz CT molecular complexity index is 970. The Morgan fingerprint density at radius 3 is 2.00 bits per heavy atom. The second kappa shape index (κ2) is 5.29. The summed E-state index contributed by atoms with van der Waals surface area (Å²) in [5.41, 5.74) is 11.0. The lowest BCUT2D eigenvalue weighted by molar-refractivity contribution is 0.417. The molecule has 0 saturated carbocycles. The Labute approximate surface area is 134 Å². The molecule has 0 aliphatic carbocycles. The van der Waals surface area contributed by atoms with E-state index in [-0.39, 0.29) is 0 Å². The Hall–Kier alpha value is -3.07. The highest BCUT2D eigenvalue weighted by Crippen LogP contribution is 2.40. The molecule has 0 radical (unpaired) electrons. The first-order valence-electron chi connectivity index (χ1n) is 7.50. The maximum absolute atomic E-state index is 6.36. The molecule has 0 spiro atoms. The summed E-state index contributed by atoms with van der Waals surface area (Å²) < 4.78 is 5.39. The number of hydrogen-bond donors (Lipinski definition) is 1. The summed E-state index contributed by atoms with van der Waals surface area (Å²) in [6.07, 6.45) is 0. The molecule has 23 heavy (non-hydrogen) atoms. The van der Waals surface area contributed by atoms with Crippen LogP contribution >= 0.6 is 0 Å². The number of aromatic nitrogens is 1. The standard InChI is InChI=1S/C20H16N2O/c1-23-18-12-6-9-15(20(18)21)19-13-7-2-4-10-16(13)22-17-11-5-3-8-14(17)19/h2-12H,21H2,1H3. The third-order valence-electron chi connectivity index (χ3n) is 4.14. The molecule has 0 unspecified atom stereocenters. The third-order valence-corrected chi connectivity index (χ3v) is 4.14. The van der Waals surface area contributed by atoms with Crippen LogP contribution in [0.1, 0.15) is 0 Å². The highest BCUT2D eigenvalue weighted by Gasteiger charge is 2.14. The van der Waals surface area contributed by atoms with Gasteiger partial charge in [0.2, 0.25) is 0 Å². The van der Waals surface area contributed by atoms with Crippen molar-refractivity contribution >= 4 is 27.5 Å². The van der Waals surface area contributed by atoms with Crippen molar-refractivity contribution in [3.8, 4) is 16.9 Å². The average molecular weight is 300 g/mol. The Morgan fingerprint density at radius 1 is 0.783 bits per heavy atom. The molecule has 0 amide bonds. The first-order chi connectivity index (χ1) is 11.3. The molecule has 4 rings (SSSR count). The first kappa shape index (κ1) is 13.6. The zero-order valence-electron chi connectivity index (χ0n) is 12.8. The monoisotopic (exact) mass is 300 g/mol. The maximum Gasteiger partial charge on any atom is 0.142 e. The second-order valence-electron chi connectivity index (χ2n) is 5.44.